The minimum absolute atomic E-state index is 0.0392. The molecule has 1 unspecified atom stereocenters. The lowest BCUT2D eigenvalue weighted by atomic mass is 10.2. The summed E-state index contributed by atoms with van der Waals surface area (Å²) in [5, 5.41) is 27.6. The van der Waals surface area contributed by atoms with Crippen molar-refractivity contribution in [1.29, 1.82) is 0 Å². The molecule has 0 aromatic carbocycles. The van der Waals surface area contributed by atoms with Gasteiger partial charge in [0, 0.05) is 6.07 Å². The van der Waals surface area contributed by atoms with E-state index >= 15 is 0 Å². The van der Waals surface area contributed by atoms with Crippen molar-refractivity contribution in [3.63, 3.8) is 0 Å². The van der Waals surface area contributed by atoms with Crippen molar-refractivity contribution in [1.82, 2.24) is 9.55 Å². The smallest absolute Gasteiger partial charge is 0.355 e. The van der Waals surface area contributed by atoms with Crippen LogP contribution in [-0.4, -0.2) is 62.9 Å². The Morgan fingerprint density at radius 1 is 1.35 bits per heavy atom. The van der Waals surface area contributed by atoms with Crippen LogP contribution in [0.2, 0.25) is 0 Å². The topological polar surface area (TPSA) is 151 Å². The van der Waals surface area contributed by atoms with Crippen molar-refractivity contribution in [2.75, 3.05) is 19.8 Å². The third-order valence-electron chi connectivity index (χ3n) is 2.99. The number of rotatable bonds is 8. The van der Waals surface area contributed by atoms with Crippen LogP contribution in [0.3, 0.4) is 0 Å². The second-order valence-electron chi connectivity index (χ2n) is 4.62. The van der Waals surface area contributed by atoms with Gasteiger partial charge in [0.15, 0.2) is 0 Å². The molecule has 0 aliphatic carbocycles. The van der Waals surface area contributed by atoms with Crippen molar-refractivity contribution < 1.29 is 29.6 Å². The first kappa shape index (κ1) is 19.0. The predicted octanol–water partition coefficient (Wildman–Crippen LogP) is -2.04. The number of aliphatic hydroxyl groups excluding tert-OH is 3. The zero-order chi connectivity index (χ0) is 17.6. The van der Waals surface area contributed by atoms with Gasteiger partial charge in [-0.2, -0.15) is 0 Å². The van der Waals surface area contributed by atoms with E-state index in [1.807, 2.05) is 4.98 Å². The number of hydrogen-bond acceptors (Lipinski definition) is 8. The van der Waals surface area contributed by atoms with Crippen molar-refractivity contribution in [3.05, 3.63) is 32.6 Å². The lowest BCUT2D eigenvalue weighted by molar-refractivity contribution is -0.128. The van der Waals surface area contributed by atoms with E-state index in [1.165, 1.54) is 6.92 Å². The number of aromatic nitrogens is 2. The Morgan fingerprint density at radius 2 is 2.00 bits per heavy atom. The Balaban J connectivity index is 3.22. The molecule has 1 aromatic heterocycles. The number of nitrogens with zero attached hydrogens (tertiary/aromatic N) is 1. The maximum absolute atomic E-state index is 12.0. The fraction of sp³-hybridized carbons (Fsp3) is 0.615. The predicted molar refractivity (Wildman–Crippen MR) is 77.0 cm³/mol. The van der Waals surface area contributed by atoms with Crippen LogP contribution in [0.4, 0.5) is 0 Å². The van der Waals surface area contributed by atoms with E-state index in [2.05, 4.69) is 0 Å². The average Bonchev–Trinajstić information content (AvgIpc) is 2.50. The first-order chi connectivity index (χ1) is 10.8. The zero-order valence-corrected chi connectivity index (χ0v) is 12.8. The molecule has 0 saturated carbocycles. The Labute approximate surface area is 130 Å². The van der Waals surface area contributed by atoms with E-state index in [0.29, 0.717) is 0 Å². The van der Waals surface area contributed by atoms with Crippen LogP contribution in [0.15, 0.2) is 15.7 Å². The van der Waals surface area contributed by atoms with Gasteiger partial charge in [0.05, 0.1) is 19.8 Å². The lowest BCUT2D eigenvalue weighted by Crippen LogP contribution is -2.41. The van der Waals surface area contributed by atoms with E-state index in [0.717, 1.165) is 10.6 Å². The highest BCUT2D eigenvalue weighted by Gasteiger charge is 2.25. The molecule has 0 bridgehead atoms. The summed E-state index contributed by atoms with van der Waals surface area (Å²) in [4.78, 5) is 37.2. The molecule has 0 aliphatic heterocycles. The Bertz CT molecular complexity index is 638. The number of aromatic amines is 1. The van der Waals surface area contributed by atoms with Gasteiger partial charge < -0.3 is 24.8 Å². The molecule has 0 fully saturated rings. The summed E-state index contributed by atoms with van der Waals surface area (Å²) >= 11 is 0. The first-order valence-corrected chi connectivity index (χ1v) is 6.93. The molecule has 0 saturated heterocycles. The maximum atomic E-state index is 12.0. The van der Waals surface area contributed by atoms with Gasteiger partial charge in [-0.1, -0.05) is 0 Å². The summed E-state index contributed by atoms with van der Waals surface area (Å²) in [6, 6.07) is 0.885. The molecular formula is C13H20N2O8. The van der Waals surface area contributed by atoms with Gasteiger partial charge >= 0.3 is 11.7 Å². The molecule has 23 heavy (non-hydrogen) atoms. The zero-order valence-electron chi connectivity index (χ0n) is 12.8. The third-order valence-corrected chi connectivity index (χ3v) is 2.99. The summed E-state index contributed by atoms with van der Waals surface area (Å²) < 4.78 is 10.9. The fourth-order valence-corrected chi connectivity index (χ4v) is 1.91. The number of carbonyl (C=O) groups is 1. The van der Waals surface area contributed by atoms with Gasteiger partial charge in [-0.15, -0.1) is 0 Å². The molecule has 130 valence electrons. The van der Waals surface area contributed by atoms with Crippen molar-refractivity contribution in [2.24, 2.45) is 0 Å². The molecule has 0 aliphatic rings. The number of carbonyl (C=O) groups excluding carboxylic acids is 1. The molecule has 1 aromatic rings. The second-order valence-corrected chi connectivity index (χ2v) is 4.62. The number of ether oxygens (including phenoxy) is 2. The highest BCUT2D eigenvalue weighted by atomic mass is 16.5. The van der Waals surface area contributed by atoms with E-state index < -0.39 is 48.9 Å². The van der Waals surface area contributed by atoms with E-state index in [4.69, 9.17) is 19.7 Å². The summed E-state index contributed by atoms with van der Waals surface area (Å²) in [6.07, 6.45) is -3.70. The standard InChI is InChI=1S/C13H20N2O8/c1-3-22-12(20)8-4-11(19)14-13(21)15(8)7(2)23-10(6-17)9(18)5-16/h4,7,9-10,16-18H,3,5-6H2,1-2H3,(H,14,19,21)/t7?,9-,10-/m1/s1. The van der Waals surface area contributed by atoms with Gasteiger partial charge in [-0.05, 0) is 13.8 Å². The van der Waals surface area contributed by atoms with Crippen LogP contribution in [0.1, 0.15) is 30.6 Å². The highest BCUT2D eigenvalue weighted by Crippen LogP contribution is 2.13. The minimum atomic E-state index is -1.38. The minimum Gasteiger partial charge on any atom is -0.461 e. The van der Waals surface area contributed by atoms with Crippen molar-refractivity contribution in [2.45, 2.75) is 32.3 Å². The third kappa shape index (κ3) is 4.73. The number of nitrogens with one attached hydrogen (secondary N) is 1. The molecule has 10 heteroatoms. The molecule has 3 atom stereocenters. The van der Waals surface area contributed by atoms with Crippen molar-refractivity contribution in [3.8, 4) is 0 Å². The monoisotopic (exact) mass is 332 g/mol. The quantitative estimate of drug-likeness (QED) is 0.398. The Kier molecular flexibility index (Phi) is 7.10. The second kappa shape index (κ2) is 8.58. The van der Waals surface area contributed by atoms with Gasteiger partial charge in [0.25, 0.3) is 5.56 Å². The number of H-pyrrole nitrogens is 1. The van der Waals surface area contributed by atoms with Crippen LogP contribution in [0, 0.1) is 0 Å². The summed E-state index contributed by atoms with van der Waals surface area (Å²) in [6.45, 7) is 1.68. The fourth-order valence-electron chi connectivity index (χ4n) is 1.91. The van der Waals surface area contributed by atoms with Gasteiger partial charge in [-0.25, -0.2) is 9.59 Å². The summed E-state index contributed by atoms with van der Waals surface area (Å²) in [5.41, 5.74) is -2.03. The van der Waals surface area contributed by atoms with Crippen LogP contribution >= 0.6 is 0 Å². The van der Waals surface area contributed by atoms with Crippen LogP contribution in [0.5, 0.6) is 0 Å². The SMILES string of the molecule is CCOC(=O)c1cc(=O)[nH]c(=O)n1C(C)O[C@H](CO)[C@H](O)CO. The maximum Gasteiger partial charge on any atom is 0.355 e. The van der Waals surface area contributed by atoms with E-state index in [9.17, 15) is 19.5 Å². The van der Waals surface area contributed by atoms with E-state index in [-0.39, 0.29) is 12.3 Å². The normalized spacial score (nSPS) is 15.0. The number of hydrogen-bond donors (Lipinski definition) is 4. The van der Waals surface area contributed by atoms with Crippen LogP contribution < -0.4 is 11.2 Å². The van der Waals surface area contributed by atoms with Crippen molar-refractivity contribution >= 4 is 5.97 Å². The lowest BCUT2D eigenvalue weighted by Gasteiger charge is -2.26. The highest BCUT2D eigenvalue weighted by molar-refractivity contribution is 5.87. The van der Waals surface area contributed by atoms with Crippen LogP contribution in [0.25, 0.3) is 0 Å². The largest absolute Gasteiger partial charge is 0.461 e. The first-order valence-electron chi connectivity index (χ1n) is 6.93. The Morgan fingerprint density at radius 3 is 2.52 bits per heavy atom. The van der Waals surface area contributed by atoms with Gasteiger partial charge in [0.2, 0.25) is 0 Å². The summed E-state index contributed by atoms with van der Waals surface area (Å²) in [7, 11) is 0. The van der Waals surface area contributed by atoms with Gasteiger partial charge in [-0.3, -0.25) is 14.3 Å². The average molecular weight is 332 g/mol. The van der Waals surface area contributed by atoms with Crippen LogP contribution in [-0.2, 0) is 9.47 Å². The molecule has 0 spiro atoms. The van der Waals surface area contributed by atoms with E-state index in [1.54, 1.807) is 6.92 Å². The molecule has 1 rings (SSSR count). The Hall–Kier alpha value is -2.01. The number of aliphatic hydroxyl groups is 3. The molecule has 0 amide bonds. The molecule has 0 radical (unpaired) electrons. The molecule has 4 N–H and O–H groups in total. The summed E-state index contributed by atoms with van der Waals surface area (Å²) in [5.74, 6) is -0.894. The molecule has 1 heterocycles. The number of esters is 1. The molecular weight excluding hydrogens is 312 g/mol. The van der Waals surface area contributed by atoms with Gasteiger partial charge in [0.1, 0.15) is 24.1 Å². The molecule has 10 nitrogen and oxygen atoms in total.